The molecule has 0 aliphatic carbocycles. The molecule has 0 aliphatic rings. The van der Waals surface area contributed by atoms with Crippen LogP contribution in [0.4, 0.5) is 0 Å². The van der Waals surface area contributed by atoms with Crippen molar-refractivity contribution in [1.29, 1.82) is 0 Å². The molecule has 4 nitrogen and oxygen atoms in total. The lowest BCUT2D eigenvalue weighted by atomic mass is 10.1. The Balaban J connectivity index is 1.87. The summed E-state index contributed by atoms with van der Waals surface area (Å²) in [6.07, 6.45) is 0. The Labute approximate surface area is 143 Å². The van der Waals surface area contributed by atoms with Crippen molar-refractivity contribution in [1.82, 2.24) is 4.98 Å². The van der Waals surface area contributed by atoms with Crippen molar-refractivity contribution >= 4 is 23.1 Å². The van der Waals surface area contributed by atoms with E-state index < -0.39 is 5.97 Å². The molecule has 1 aromatic heterocycles. The number of carbonyl (C=O) groups is 2. The smallest absolute Gasteiger partial charge is 0.356 e. The minimum atomic E-state index is -0.449. The molecular formula is C19H15NO3S. The van der Waals surface area contributed by atoms with Crippen molar-refractivity contribution in [3.63, 3.8) is 0 Å². The molecule has 0 atom stereocenters. The topological polar surface area (TPSA) is 56.3 Å². The van der Waals surface area contributed by atoms with E-state index in [0.29, 0.717) is 21.9 Å². The summed E-state index contributed by atoms with van der Waals surface area (Å²) in [6.45, 7) is 3.35. The first-order valence-corrected chi connectivity index (χ1v) is 8.22. The number of ether oxygens (including phenoxy) is 1. The summed E-state index contributed by atoms with van der Waals surface area (Å²) in [7, 11) is 0. The molecule has 0 N–H and O–H groups in total. The van der Waals surface area contributed by atoms with Crippen molar-refractivity contribution in [2.45, 2.75) is 13.8 Å². The van der Waals surface area contributed by atoms with Crippen LogP contribution in [0.25, 0.3) is 11.3 Å². The molecule has 24 heavy (non-hydrogen) atoms. The van der Waals surface area contributed by atoms with E-state index in [9.17, 15) is 9.59 Å². The highest BCUT2D eigenvalue weighted by atomic mass is 32.1. The summed E-state index contributed by atoms with van der Waals surface area (Å²) >= 11 is 1.30. The van der Waals surface area contributed by atoms with Crippen LogP contribution in [0, 0.1) is 6.92 Å². The number of esters is 1. The highest BCUT2D eigenvalue weighted by molar-refractivity contribution is 7.14. The number of thiazole rings is 1. The molecule has 0 saturated carbocycles. The zero-order valence-electron chi connectivity index (χ0n) is 13.3. The number of ketones is 1. The summed E-state index contributed by atoms with van der Waals surface area (Å²) in [5.41, 5.74) is 2.08. The highest BCUT2D eigenvalue weighted by Crippen LogP contribution is 2.29. The van der Waals surface area contributed by atoms with Crippen LogP contribution in [0.2, 0.25) is 0 Å². The number of hydrogen-bond acceptors (Lipinski definition) is 5. The van der Waals surface area contributed by atoms with Crippen LogP contribution >= 0.6 is 11.3 Å². The molecule has 3 rings (SSSR count). The predicted octanol–water partition coefficient (Wildman–Crippen LogP) is 4.54. The predicted molar refractivity (Wildman–Crippen MR) is 93.7 cm³/mol. The molecule has 0 spiro atoms. The summed E-state index contributed by atoms with van der Waals surface area (Å²) in [4.78, 5) is 28.7. The lowest BCUT2D eigenvalue weighted by Crippen LogP contribution is -2.08. The van der Waals surface area contributed by atoms with E-state index >= 15 is 0 Å². The van der Waals surface area contributed by atoms with Crippen molar-refractivity contribution in [3.05, 3.63) is 70.0 Å². The van der Waals surface area contributed by atoms with Crippen molar-refractivity contribution in [3.8, 4) is 17.0 Å². The van der Waals surface area contributed by atoms with Crippen LogP contribution in [0.3, 0.4) is 0 Å². The number of carbonyl (C=O) groups excluding carboxylic acids is 2. The van der Waals surface area contributed by atoms with E-state index in [1.807, 2.05) is 37.3 Å². The van der Waals surface area contributed by atoms with E-state index in [-0.39, 0.29) is 5.78 Å². The van der Waals surface area contributed by atoms with Gasteiger partial charge in [0.05, 0.1) is 10.7 Å². The molecule has 0 amide bonds. The zero-order chi connectivity index (χ0) is 17.1. The van der Waals surface area contributed by atoms with Gasteiger partial charge in [0, 0.05) is 11.1 Å². The molecule has 0 bridgehead atoms. The van der Waals surface area contributed by atoms with E-state index in [2.05, 4.69) is 4.98 Å². The Bertz CT molecular complexity index is 883. The zero-order valence-corrected chi connectivity index (χ0v) is 14.1. The van der Waals surface area contributed by atoms with Gasteiger partial charge in [0.1, 0.15) is 10.6 Å². The Morgan fingerprint density at radius 3 is 2.29 bits per heavy atom. The first-order valence-electron chi connectivity index (χ1n) is 7.40. The second kappa shape index (κ2) is 6.76. The van der Waals surface area contributed by atoms with Crippen LogP contribution in [0.1, 0.15) is 32.0 Å². The normalized spacial score (nSPS) is 10.4. The van der Waals surface area contributed by atoms with Gasteiger partial charge >= 0.3 is 5.97 Å². The minimum Gasteiger partial charge on any atom is -0.422 e. The summed E-state index contributed by atoms with van der Waals surface area (Å²) < 4.78 is 5.43. The third-order valence-electron chi connectivity index (χ3n) is 3.44. The molecule has 120 valence electrons. The first-order chi connectivity index (χ1) is 11.5. The molecule has 0 fully saturated rings. The number of rotatable bonds is 4. The average molecular weight is 337 g/mol. The fraction of sp³-hybridized carbons (Fsp3) is 0.105. The first kappa shape index (κ1) is 16.1. The van der Waals surface area contributed by atoms with Gasteiger partial charge in [0.15, 0.2) is 5.78 Å². The second-order valence-electron chi connectivity index (χ2n) is 5.25. The van der Waals surface area contributed by atoms with E-state index in [1.54, 1.807) is 24.3 Å². The monoisotopic (exact) mass is 337 g/mol. The van der Waals surface area contributed by atoms with Gasteiger partial charge in [-0.1, -0.05) is 30.3 Å². The van der Waals surface area contributed by atoms with E-state index in [1.165, 1.54) is 18.3 Å². The molecule has 0 radical (unpaired) electrons. The van der Waals surface area contributed by atoms with Crippen LogP contribution < -0.4 is 4.74 Å². The van der Waals surface area contributed by atoms with Crippen LogP contribution in [-0.4, -0.2) is 16.7 Å². The van der Waals surface area contributed by atoms with Crippen molar-refractivity contribution in [2.24, 2.45) is 0 Å². The Morgan fingerprint density at radius 2 is 1.67 bits per heavy atom. The van der Waals surface area contributed by atoms with Gasteiger partial charge in [-0.2, -0.15) is 0 Å². The van der Waals surface area contributed by atoms with Crippen molar-refractivity contribution < 1.29 is 14.3 Å². The third-order valence-corrected chi connectivity index (χ3v) is 4.39. The van der Waals surface area contributed by atoms with Gasteiger partial charge in [-0.05, 0) is 38.1 Å². The standard InChI is InChI=1S/C19H15NO3S/c1-12(21)14-8-10-16(11-9-14)23-19(22)18-17(20-13(2)24-18)15-6-4-3-5-7-15/h3-11H,1-2H3. The lowest BCUT2D eigenvalue weighted by molar-refractivity contribution is 0.0740. The number of nitrogens with zero attached hydrogens (tertiary/aromatic N) is 1. The lowest BCUT2D eigenvalue weighted by Gasteiger charge is -2.05. The van der Waals surface area contributed by atoms with Crippen LogP contribution in [0.5, 0.6) is 5.75 Å². The maximum Gasteiger partial charge on any atom is 0.356 e. The summed E-state index contributed by atoms with van der Waals surface area (Å²) in [5, 5.41) is 0.799. The average Bonchev–Trinajstić information content (AvgIpc) is 2.98. The number of aryl methyl sites for hydroxylation is 1. The quantitative estimate of drug-likeness (QED) is 0.398. The minimum absolute atomic E-state index is 0.0303. The van der Waals surface area contributed by atoms with E-state index in [4.69, 9.17) is 4.74 Å². The third kappa shape index (κ3) is 3.41. The number of benzene rings is 2. The van der Waals surface area contributed by atoms with Gasteiger partial charge in [-0.15, -0.1) is 11.3 Å². The fourth-order valence-corrected chi connectivity index (χ4v) is 3.09. The molecule has 0 unspecified atom stereocenters. The van der Waals surface area contributed by atoms with Crippen molar-refractivity contribution in [2.75, 3.05) is 0 Å². The Kier molecular flexibility index (Phi) is 4.53. The van der Waals surface area contributed by atoms with Gasteiger partial charge in [-0.25, -0.2) is 9.78 Å². The summed E-state index contributed by atoms with van der Waals surface area (Å²) in [6, 6.07) is 16.0. The maximum absolute atomic E-state index is 12.5. The van der Waals surface area contributed by atoms with Gasteiger partial charge < -0.3 is 4.74 Å². The molecular weight excluding hydrogens is 322 g/mol. The Morgan fingerprint density at radius 1 is 1.00 bits per heavy atom. The molecule has 3 aromatic rings. The Hall–Kier alpha value is -2.79. The second-order valence-corrected chi connectivity index (χ2v) is 6.45. The fourth-order valence-electron chi connectivity index (χ4n) is 2.27. The number of aromatic nitrogens is 1. The largest absolute Gasteiger partial charge is 0.422 e. The van der Waals surface area contributed by atoms with Gasteiger partial charge in [-0.3, -0.25) is 4.79 Å². The van der Waals surface area contributed by atoms with Crippen LogP contribution in [-0.2, 0) is 0 Å². The van der Waals surface area contributed by atoms with E-state index in [0.717, 1.165) is 10.6 Å². The SMILES string of the molecule is CC(=O)c1ccc(OC(=O)c2sc(C)nc2-c2ccccc2)cc1. The van der Waals surface area contributed by atoms with Gasteiger partial charge in [0.2, 0.25) is 0 Å². The summed E-state index contributed by atoms with van der Waals surface area (Å²) in [5.74, 6) is -0.0811. The molecule has 1 heterocycles. The maximum atomic E-state index is 12.5. The molecule has 2 aromatic carbocycles. The number of Topliss-reactive ketones (excluding diaryl/α,β-unsaturated/α-hetero) is 1. The highest BCUT2D eigenvalue weighted by Gasteiger charge is 2.20. The molecule has 5 heteroatoms. The molecule has 0 aliphatic heterocycles. The van der Waals surface area contributed by atoms with Gasteiger partial charge in [0.25, 0.3) is 0 Å². The van der Waals surface area contributed by atoms with Crippen LogP contribution in [0.15, 0.2) is 54.6 Å². The molecule has 0 saturated heterocycles. The number of hydrogen-bond donors (Lipinski definition) is 0.